The predicted octanol–water partition coefficient (Wildman–Crippen LogP) is 2.35. The molecule has 1 nitrogen and oxygen atoms in total. The number of hydrogen-bond donors (Lipinski definition) is 0. The molecule has 0 unspecified atom stereocenters. The largest absolute Gasteiger partial charge is 0.471 e. The molecule has 0 bridgehead atoms. The molecule has 0 saturated heterocycles. The Kier molecular flexibility index (Phi) is 2.76. The summed E-state index contributed by atoms with van der Waals surface area (Å²) in [6, 6.07) is -5.39. The van der Waals surface area contributed by atoms with E-state index in [-0.39, 0.29) is 0 Å². The second kappa shape index (κ2) is 2.88. The SMILES string of the molecule is CCN(F)C(F)(F)C(F)(F)F. The predicted molar refractivity (Wildman–Crippen MR) is 24.5 cm³/mol. The fourth-order valence-corrected chi connectivity index (χ4v) is 0.336. The zero-order valence-corrected chi connectivity index (χ0v) is 5.42. The van der Waals surface area contributed by atoms with Crippen LogP contribution in [-0.4, -0.2) is 23.9 Å². The van der Waals surface area contributed by atoms with Crippen LogP contribution in [0, 0.1) is 0 Å². The van der Waals surface area contributed by atoms with Crippen molar-refractivity contribution in [2.75, 3.05) is 6.54 Å². The smallest absolute Gasteiger partial charge is 0.175 e. The lowest BCUT2D eigenvalue weighted by atomic mass is 10.5. The van der Waals surface area contributed by atoms with Gasteiger partial charge in [0.2, 0.25) is 0 Å². The van der Waals surface area contributed by atoms with Gasteiger partial charge >= 0.3 is 12.2 Å². The third-order valence-electron chi connectivity index (χ3n) is 0.923. The Labute approximate surface area is 58.5 Å². The average molecular weight is 181 g/mol. The zero-order chi connectivity index (χ0) is 9.28. The number of alkyl halides is 5. The summed E-state index contributed by atoms with van der Waals surface area (Å²) < 4.78 is 69.0. The van der Waals surface area contributed by atoms with E-state index in [0.29, 0.717) is 0 Å². The van der Waals surface area contributed by atoms with Crippen LogP contribution in [0.3, 0.4) is 0 Å². The lowest BCUT2D eigenvalue weighted by Crippen LogP contribution is -2.48. The monoisotopic (exact) mass is 181 g/mol. The first-order chi connectivity index (χ1) is 4.73. The summed E-state index contributed by atoms with van der Waals surface area (Å²) in [5, 5.41) is -1.56. The summed E-state index contributed by atoms with van der Waals surface area (Å²) in [4.78, 5) is 0. The average Bonchev–Trinajstić information content (AvgIpc) is 1.83. The van der Waals surface area contributed by atoms with Gasteiger partial charge in [-0.2, -0.15) is 22.0 Å². The Morgan fingerprint density at radius 3 is 1.55 bits per heavy atom. The van der Waals surface area contributed by atoms with Crippen LogP contribution in [0.1, 0.15) is 6.92 Å². The van der Waals surface area contributed by atoms with Crippen LogP contribution in [0.4, 0.5) is 26.4 Å². The Morgan fingerprint density at radius 2 is 1.45 bits per heavy atom. The van der Waals surface area contributed by atoms with Crippen molar-refractivity contribution in [2.45, 2.75) is 19.1 Å². The maximum atomic E-state index is 11.8. The van der Waals surface area contributed by atoms with E-state index in [1.54, 1.807) is 0 Å². The van der Waals surface area contributed by atoms with E-state index in [9.17, 15) is 26.4 Å². The van der Waals surface area contributed by atoms with E-state index in [1.807, 2.05) is 0 Å². The molecule has 0 aliphatic heterocycles. The van der Waals surface area contributed by atoms with E-state index >= 15 is 0 Å². The van der Waals surface area contributed by atoms with Gasteiger partial charge in [-0.1, -0.05) is 5.12 Å². The summed E-state index contributed by atoms with van der Waals surface area (Å²) in [5.74, 6) is 0. The van der Waals surface area contributed by atoms with Crippen molar-refractivity contribution in [1.82, 2.24) is 5.12 Å². The second-order valence-electron chi connectivity index (χ2n) is 1.72. The highest BCUT2D eigenvalue weighted by atomic mass is 19.4. The maximum absolute atomic E-state index is 11.8. The van der Waals surface area contributed by atoms with Gasteiger partial charge in [0.15, 0.2) is 0 Å². The van der Waals surface area contributed by atoms with E-state index < -0.39 is 23.9 Å². The molecule has 0 atom stereocenters. The maximum Gasteiger partial charge on any atom is 0.471 e. The van der Waals surface area contributed by atoms with Gasteiger partial charge in [-0.15, -0.1) is 4.48 Å². The van der Waals surface area contributed by atoms with Crippen LogP contribution in [0.15, 0.2) is 0 Å². The first-order valence-electron chi connectivity index (χ1n) is 2.61. The minimum atomic E-state index is -5.86. The van der Waals surface area contributed by atoms with Crippen LogP contribution >= 0.6 is 0 Å². The molecular formula is C4H5F6N. The molecule has 0 rings (SSSR count). The van der Waals surface area contributed by atoms with E-state index in [0.717, 1.165) is 6.92 Å². The minimum Gasteiger partial charge on any atom is -0.175 e. The lowest BCUT2D eigenvalue weighted by molar-refractivity contribution is -0.376. The van der Waals surface area contributed by atoms with Gasteiger partial charge in [0, 0.05) is 6.54 Å². The molecule has 11 heavy (non-hydrogen) atoms. The molecule has 68 valence electrons. The number of nitrogens with zero attached hydrogens (tertiary/aromatic N) is 1. The standard InChI is InChI=1S/C4H5F6N/c1-2-11(10)4(8,9)3(5,6)7/h2H2,1H3. The first kappa shape index (κ1) is 10.5. The Balaban J connectivity index is 4.45. The Morgan fingerprint density at radius 1 is 1.09 bits per heavy atom. The molecule has 0 heterocycles. The molecule has 0 aliphatic carbocycles. The highest BCUT2D eigenvalue weighted by Gasteiger charge is 2.62. The molecule has 0 aromatic carbocycles. The lowest BCUT2D eigenvalue weighted by Gasteiger charge is -2.23. The molecule has 7 heteroatoms. The van der Waals surface area contributed by atoms with Crippen molar-refractivity contribution in [2.24, 2.45) is 0 Å². The van der Waals surface area contributed by atoms with E-state index in [4.69, 9.17) is 0 Å². The van der Waals surface area contributed by atoms with E-state index in [2.05, 4.69) is 0 Å². The molecule has 0 saturated carbocycles. The van der Waals surface area contributed by atoms with Gasteiger partial charge in [0.1, 0.15) is 0 Å². The third kappa shape index (κ3) is 1.98. The third-order valence-corrected chi connectivity index (χ3v) is 0.923. The van der Waals surface area contributed by atoms with Crippen LogP contribution in [-0.2, 0) is 0 Å². The molecule has 0 fully saturated rings. The topological polar surface area (TPSA) is 3.24 Å². The number of halogens is 6. The zero-order valence-electron chi connectivity index (χ0n) is 5.42. The highest BCUT2D eigenvalue weighted by molar-refractivity contribution is 4.70. The number of hydrogen-bond acceptors (Lipinski definition) is 1. The van der Waals surface area contributed by atoms with Crippen molar-refractivity contribution in [3.05, 3.63) is 0 Å². The summed E-state index contributed by atoms with van der Waals surface area (Å²) in [5.41, 5.74) is 0. The van der Waals surface area contributed by atoms with E-state index in [1.165, 1.54) is 0 Å². The quantitative estimate of drug-likeness (QED) is 0.359. The van der Waals surface area contributed by atoms with Gasteiger partial charge in [-0.3, -0.25) is 0 Å². The fourth-order valence-electron chi connectivity index (χ4n) is 0.336. The van der Waals surface area contributed by atoms with Crippen LogP contribution < -0.4 is 0 Å². The van der Waals surface area contributed by atoms with Gasteiger partial charge < -0.3 is 0 Å². The minimum absolute atomic E-state index is 0.847. The normalized spacial score (nSPS) is 14.2. The van der Waals surface area contributed by atoms with Crippen molar-refractivity contribution in [3.63, 3.8) is 0 Å². The summed E-state index contributed by atoms with van der Waals surface area (Å²) in [7, 11) is 0. The number of rotatable bonds is 2. The molecule has 0 radical (unpaired) electrons. The van der Waals surface area contributed by atoms with Crippen molar-refractivity contribution < 1.29 is 26.4 Å². The van der Waals surface area contributed by atoms with Crippen LogP contribution in [0.5, 0.6) is 0 Å². The summed E-state index contributed by atoms with van der Waals surface area (Å²) in [6.07, 6.45) is -5.86. The van der Waals surface area contributed by atoms with Crippen molar-refractivity contribution >= 4 is 0 Å². The second-order valence-corrected chi connectivity index (χ2v) is 1.72. The first-order valence-corrected chi connectivity index (χ1v) is 2.61. The molecule has 0 spiro atoms. The summed E-state index contributed by atoms with van der Waals surface area (Å²) >= 11 is 0. The van der Waals surface area contributed by atoms with Crippen LogP contribution in [0.2, 0.25) is 0 Å². The molecular weight excluding hydrogens is 176 g/mol. The Hall–Kier alpha value is -0.460. The molecule has 0 aromatic rings. The van der Waals surface area contributed by atoms with Gasteiger partial charge in [-0.25, -0.2) is 0 Å². The fraction of sp³-hybridized carbons (Fsp3) is 1.00. The Bertz CT molecular complexity index is 129. The van der Waals surface area contributed by atoms with Crippen LogP contribution in [0.25, 0.3) is 0 Å². The molecule has 0 aromatic heterocycles. The van der Waals surface area contributed by atoms with Crippen molar-refractivity contribution in [1.29, 1.82) is 0 Å². The summed E-state index contributed by atoms with van der Waals surface area (Å²) in [6.45, 7) is -0.174. The van der Waals surface area contributed by atoms with Gasteiger partial charge in [-0.05, 0) is 6.92 Å². The van der Waals surface area contributed by atoms with Gasteiger partial charge in [0.25, 0.3) is 0 Å². The highest BCUT2D eigenvalue weighted by Crippen LogP contribution is 2.38. The van der Waals surface area contributed by atoms with Gasteiger partial charge in [0.05, 0.1) is 0 Å². The molecule has 0 aliphatic rings. The molecule has 0 amide bonds. The van der Waals surface area contributed by atoms with Crippen molar-refractivity contribution in [3.8, 4) is 0 Å². The molecule has 0 N–H and O–H groups in total.